The summed E-state index contributed by atoms with van der Waals surface area (Å²) in [5.74, 6) is -0.418. The van der Waals surface area contributed by atoms with Gasteiger partial charge in [0.15, 0.2) is 6.10 Å². The highest BCUT2D eigenvalue weighted by Gasteiger charge is 2.17. The second-order valence-corrected chi connectivity index (χ2v) is 18.5. The van der Waals surface area contributed by atoms with Gasteiger partial charge in [0.1, 0.15) is 6.61 Å². The Bertz CT molecular complexity index is 1100. The van der Waals surface area contributed by atoms with Crippen LogP contribution >= 0.6 is 0 Å². The molecule has 0 N–H and O–H groups in total. The van der Waals surface area contributed by atoms with E-state index in [0.29, 0.717) is 19.4 Å². The van der Waals surface area contributed by atoms with Crippen LogP contribution in [0.4, 0.5) is 0 Å². The predicted molar refractivity (Wildman–Crippen MR) is 279 cm³/mol. The average molecular weight is 895 g/mol. The highest BCUT2D eigenvalue weighted by molar-refractivity contribution is 5.70. The van der Waals surface area contributed by atoms with Crippen LogP contribution in [0.15, 0.2) is 60.8 Å². The lowest BCUT2D eigenvalue weighted by molar-refractivity contribution is -0.163. The first-order valence-corrected chi connectivity index (χ1v) is 27.8. The van der Waals surface area contributed by atoms with Crippen molar-refractivity contribution in [3.05, 3.63) is 60.8 Å². The van der Waals surface area contributed by atoms with Crippen molar-refractivity contribution in [2.45, 2.75) is 284 Å². The predicted octanol–water partition coefficient (Wildman–Crippen LogP) is 18.9. The van der Waals surface area contributed by atoms with Crippen LogP contribution in [0, 0.1) is 0 Å². The third kappa shape index (κ3) is 52.2. The third-order valence-corrected chi connectivity index (χ3v) is 12.0. The normalized spacial score (nSPS) is 12.6. The van der Waals surface area contributed by atoms with Crippen LogP contribution in [-0.2, 0) is 23.8 Å². The Labute approximate surface area is 398 Å². The van der Waals surface area contributed by atoms with Gasteiger partial charge in [-0.2, -0.15) is 0 Å². The Morgan fingerprint density at radius 3 is 1.08 bits per heavy atom. The van der Waals surface area contributed by atoms with Gasteiger partial charge in [0.25, 0.3) is 0 Å². The fourth-order valence-electron chi connectivity index (χ4n) is 7.80. The minimum absolute atomic E-state index is 0.0726. The molecule has 0 heterocycles. The molecule has 0 aliphatic rings. The maximum absolute atomic E-state index is 12.8. The van der Waals surface area contributed by atoms with Gasteiger partial charge in [0, 0.05) is 19.4 Å². The molecule has 1 unspecified atom stereocenters. The Morgan fingerprint density at radius 2 is 0.656 bits per heavy atom. The highest BCUT2D eigenvalue weighted by atomic mass is 16.6. The van der Waals surface area contributed by atoms with Crippen LogP contribution < -0.4 is 0 Å². The topological polar surface area (TPSA) is 61.8 Å². The van der Waals surface area contributed by atoms with E-state index < -0.39 is 6.10 Å². The van der Waals surface area contributed by atoms with E-state index in [1.54, 1.807) is 0 Å². The van der Waals surface area contributed by atoms with Crippen molar-refractivity contribution in [2.24, 2.45) is 0 Å². The minimum Gasteiger partial charge on any atom is -0.462 e. The molecule has 0 rings (SSSR count). The molecule has 0 saturated carbocycles. The summed E-state index contributed by atoms with van der Waals surface area (Å²) < 4.78 is 17.4. The maximum Gasteiger partial charge on any atom is 0.306 e. The third-order valence-electron chi connectivity index (χ3n) is 12.0. The van der Waals surface area contributed by atoms with Crippen LogP contribution in [0.25, 0.3) is 0 Å². The molecule has 0 saturated heterocycles. The van der Waals surface area contributed by atoms with Crippen molar-refractivity contribution in [3.63, 3.8) is 0 Å². The summed E-state index contributed by atoms with van der Waals surface area (Å²) in [6, 6.07) is 0. The molecule has 5 nitrogen and oxygen atoms in total. The number of hydrogen-bond acceptors (Lipinski definition) is 5. The van der Waals surface area contributed by atoms with E-state index in [-0.39, 0.29) is 25.2 Å². The van der Waals surface area contributed by atoms with E-state index in [1.165, 1.54) is 167 Å². The molecule has 0 aromatic carbocycles. The maximum atomic E-state index is 12.8. The summed E-state index contributed by atoms with van der Waals surface area (Å²) in [7, 11) is 0. The second-order valence-electron chi connectivity index (χ2n) is 18.5. The van der Waals surface area contributed by atoms with Crippen LogP contribution in [-0.4, -0.2) is 37.9 Å². The average Bonchev–Trinajstić information content (AvgIpc) is 3.30. The fraction of sp³-hybridized carbons (Fsp3) is 0.797. The SMILES string of the molecule is CCCCC/C=C\C/C=C\CCCCCCCCCCOCC(COC(=O)CCCCCCC/C=C\C/C=C\CCCCC)OC(=O)CCCCCCC/C=C\CCCCCCCC. The van der Waals surface area contributed by atoms with Crippen molar-refractivity contribution in [1.82, 2.24) is 0 Å². The summed E-state index contributed by atoms with van der Waals surface area (Å²) in [4.78, 5) is 25.5. The molecule has 0 aliphatic carbocycles. The lowest BCUT2D eigenvalue weighted by atomic mass is 10.1. The lowest BCUT2D eigenvalue weighted by Gasteiger charge is -2.18. The molecule has 0 spiro atoms. The summed E-state index contributed by atoms with van der Waals surface area (Å²) in [6.07, 6.45) is 69.4. The number of carbonyl (C=O) groups is 2. The number of hydrogen-bond donors (Lipinski definition) is 0. The van der Waals surface area contributed by atoms with Crippen molar-refractivity contribution in [1.29, 1.82) is 0 Å². The highest BCUT2D eigenvalue weighted by Crippen LogP contribution is 2.14. The van der Waals surface area contributed by atoms with E-state index in [0.717, 1.165) is 77.0 Å². The Balaban J connectivity index is 4.30. The van der Waals surface area contributed by atoms with Gasteiger partial charge in [0.2, 0.25) is 0 Å². The van der Waals surface area contributed by atoms with Crippen molar-refractivity contribution >= 4 is 11.9 Å². The van der Waals surface area contributed by atoms with Crippen molar-refractivity contribution in [3.8, 4) is 0 Å². The molecule has 0 aromatic rings. The molecule has 372 valence electrons. The molecule has 0 bridgehead atoms. The summed E-state index contributed by atoms with van der Waals surface area (Å²) >= 11 is 0. The van der Waals surface area contributed by atoms with E-state index >= 15 is 0 Å². The molecule has 0 amide bonds. The number of allylic oxidation sites excluding steroid dienone is 10. The smallest absolute Gasteiger partial charge is 0.306 e. The largest absolute Gasteiger partial charge is 0.462 e. The number of esters is 2. The van der Waals surface area contributed by atoms with Gasteiger partial charge in [-0.15, -0.1) is 0 Å². The van der Waals surface area contributed by atoms with E-state index in [9.17, 15) is 9.59 Å². The van der Waals surface area contributed by atoms with Gasteiger partial charge in [-0.3, -0.25) is 9.59 Å². The minimum atomic E-state index is -0.550. The Hall–Kier alpha value is -2.40. The number of ether oxygens (including phenoxy) is 3. The molecule has 0 aliphatic heterocycles. The first-order valence-electron chi connectivity index (χ1n) is 27.8. The van der Waals surface area contributed by atoms with Crippen LogP contribution in [0.2, 0.25) is 0 Å². The quantitative estimate of drug-likeness (QED) is 0.0346. The Morgan fingerprint density at radius 1 is 0.344 bits per heavy atom. The van der Waals surface area contributed by atoms with Gasteiger partial charge in [-0.05, 0) is 109 Å². The van der Waals surface area contributed by atoms with Crippen LogP contribution in [0.5, 0.6) is 0 Å². The number of unbranched alkanes of at least 4 members (excludes halogenated alkanes) is 30. The molecule has 0 radical (unpaired) electrons. The van der Waals surface area contributed by atoms with Gasteiger partial charge in [0.05, 0.1) is 6.61 Å². The zero-order valence-corrected chi connectivity index (χ0v) is 42.8. The van der Waals surface area contributed by atoms with Crippen LogP contribution in [0.3, 0.4) is 0 Å². The van der Waals surface area contributed by atoms with Gasteiger partial charge < -0.3 is 14.2 Å². The molecule has 0 fully saturated rings. The first kappa shape index (κ1) is 61.6. The molecule has 5 heteroatoms. The first-order chi connectivity index (χ1) is 31.6. The Kier molecular flexibility index (Phi) is 52.9. The van der Waals surface area contributed by atoms with Crippen molar-refractivity contribution in [2.75, 3.05) is 19.8 Å². The van der Waals surface area contributed by atoms with Gasteiger partial charge in [-0.1, -0.05) is 216 Å². The van der Waals surface area contributed by atoms with Crippen molar-refractivity contribution < 1.29 is 23.8 Å². The van der Waals surface area contributed by atoms with E-state index in [2.05, 4.69) is 81.5 Å². The molecular weight excluding hydrogens is 789 g/mol. The standard InChI is InChI=1S/C59H106O5/c1-4-7-10-13-16-19-22-25-28-29-30-33-36-39-42-45-48-51-54-62-55-57(64-59(61)53-50-47-44-41-38-35-32-27-24-21-18-15-12-9-6-3)56-63-58(60)52-49-46-43-40-37-34-31-26-23-20-17-14-11-8-5-2/h16-17,19-20,25-28,31-32,57H,4-15,18,21-24,29-30,33-56H2,1-3H3/b19-16-,20-17-,28-25-,31-26-,32-27-. The molecule has 1 atom stereocenters. The van der Waals surface area contributed by atoms with Gasteiger partial charge >= 0.3 is 11.9 Å². The zero-order chi connectivity index (χ0) is 46.3. The molecular formula is C59H106O5. The van der Waals surface area contributed by atoms with Gasteiger partial charge in [-0.25, -0.2) is 0 Å². The van der Waals surface area contributed by atoms with Crippen LogP contribution in [0.1, 0.15) is 278 Å². The lowest BCUT2D eigenvalue weighted by Crippen LogP contribution is -2.30. The summed E-state index contributed by atoms with van der Waals surface area (Å²) in [5.41, 5.74) is 0. The monoisotopic (exact) mass is 895 g/mol. The summed E-state index contributed by atoms with van der Waals surface area (Å²) in [6.45, 7) is 7.76. The van der Waals surface area contributed by atoms with E-state index in [4.69, 9.17) is 14.2 Å². The summed E-state index contributed by atoms with van der Waals surface area (Å²) in [5, 5.41) is 0. The fourth-order valence-corrected chi connectivity index (χ4v) is 7.80. The zero-order valence-electron chi connectivity index (χ0n) is 42.8. The number of carbonyl (C=O) groups excluding carboxylic acids is 2. The molecule has 64 heavy (non-hydrogen) atoms. The second kappa shape index (κ2) is 54.9. The molecule has 0 aromatic heterocycles. The van der Waals surface area contributed by atoms with E-state index in [1.807, 2.05) is 0 Å². The number of rotatable bonds is 51.